The van der Waals surface area contributed by atoms with Gasteiger partial charge in [0.05, 0.1) is 0 Å². The van der Waals surface area contributed by atoms with Crippen LogP contribution in [0.15, 0.2) is 12.2 Å². The highest BCUT2D eigenvalue weighted by molar-refractivity contribution is 5.71. The van der Waals surface area contributed by atoms with Crippen LogP contribution in [0, 0.1) is 0 Å². The van der Waals surface area contributed by atoms with Gasteiger partial charge in [-0.1, -0.05) is 315 Å². The number of esters is 3. The number of allylic oxidation sites excluding steroid dienone is 2. The Morgan fingerprint density at radius 1 is 0.271 bits per heavy atom. The fourth-order valence-electron chi connectivity index (χ4n) is 9.72. The number of carbonyl (C=O) groups excluding carboxylic acids is 3. The van der Waals surface area contributed by atoms with Crippen LogP contribution in [-0.2, 0) is 28.6 Å². The van der Waals surface area contributed by atoms with Crippen LogP contribution < -0.4 is 0 Å². The van der Waals surface area contributed by atoms with Crippen LogP contribution >= 0.6 is 0 Å². The minimum absolute atomic E-state index is 0.0666. The van der Waals surface area contributed by atoms with E-state index >= 15 is 0 Å². The van der Waals surface area contributed by atoms with E-state index in [1.165, 1.54) is 257 Å². The number of hydrogen-bond donors (Lipinski definition) is 0. The first-order valence-corrected chi connectivity index (χ1v) is 31.7. The molecule has 0 saturated heterocycles. The first kappa shape index (κ1) is 68.2. The molecule has 0 aliphatic rings. The summed E-state index contributed by atoms with van der Waals surface area (Å²) >= 11 is 0. The summed E-state index contributed by atoms with van der Waals surface area (Å²) in [5.74, 6) is -0.852. The molecule has 1 atom stereocenters. The summed E-state index contributed by atoms with van der Waals surface area (Å²) in [6.45, 7) is 6.66. The average molecular weight is 988 g/mol. The zero-order chi connectivity index (χ0) is 50.7. The third-order valence-corrected chi connectivity index (χ3v) is 14.5. The van der Waals surface area contributed by atoms with Gasteiger partial charge in [0.2, 0.25) is 0 Å². The molecular formula is C64H122O6. The topological polar surface area (TPSA) is 78.9 Å². The molecule has 0 radical (unpaired) electrons. The maximum absolute atomic E-state index is 12.8. The van der Waals surface area contributed by atoms with Crippen molar-refractivity contribution in [2.75, 3.05) is 13.2 Å². The molecule has 0 aliphatic carbocycles. The molecule has 0 heterocycles. The van der Waals surface area contributed by atoms with Crippen molar-refractivity contribution < 1.29 is 28.6 Å². The van der Waals surface area contributed by atoms with Gasteiger partial charge in [0.1, 0.15) is 13.2 Å². The van der Waals surface area contributed by atoms with Crippen LogP contribution in [0.1, 0.15) is 361 Å². The number of hydrogen-bond acceptors (Lipinski definition) is 6. The molecule has 0 aromatic carbocycles. The van der Waals surface area contributed by atoms with E-state index in [1.54, 1.807) is 0 Å². The van der Waals surface area contributed by atoms with Gasteiger partial charge in [-0.3, -0.25) is 14.4 Å². The van der Waals surface area contributed by atoms with Crippen molar-refractivity contribution in [3.05, 3.63) is 12.2 Å². The molecule has 0 rings (SSSR count). The molecule has 70 heavy (non-hydrogen) atoms. The lowest BCUT2D eigenvalue weighted by atomic mass is 10.0. The fraction of sp³-hybridized carbons (Fsp3) is 0.922. The standard InChI is InChI=1S/C64H122O6/c1-4-7-10-13-16-19-22-24-25-26-27-28-29-30-31-32-33-34-35-36-37-38-40-42-45-48-51-54-57-63(66)69-60-61(59-68-62(65)56-53-50-47-44-41-21-18-15-12-9-6-3)70-64(67)58-55-52-49-46-43-39-23-20-17-14-11-8-5-2/h15,18,61H,4-14,16-17,19-60H2,1-3H3/b18-15-. The third-order valence-electron chi connectivity index (χ3n) is 14.5. The fourth-order valence-corrected chi connectivity index (χ4v) is 9.72. The highest BCUT2D eigenvalue weighted by Crippen LogP contribution is 2.18. The van der Waals surface area contributed by atoms with Crippen molar-refractivity contribution in [2.24, 2.45) is 0 Å². The highest BCUT2D eigenvalue weighted by atomic mass is 16.6. The zero-order valence-electron chi connectivity index (χ0n) is 47.6. The summed E-state index contributed by atoms with van der Waals surface area (Å²) in [5.41, 5.74) is 0. The van der Waals surface area contributed by atoms with Crippen molar-refractivity contribution >= 4 is 17.9 Å². The van der Waals surface area contributed by atoms with Crippen molar-refractivity contribution in [3.63, 3.8) is 0 Å². The summed E-state index contributed by atoms with van der Waals surface area (Å²) in [6.07, 6.45) is 69.5. The van der Waals surface area contributed by atoms with Gasteiger partial charge < -0.3 is 14.2 Å². The lowest BCUT2D eigenvalue weighted by Gasteiger charge is -2.18. The maximum Gasteiger partial charge on any atom is 0.306 e. The molecule has 0 aromatic heterocycles. The van der Waals surface area contributed by atoms with Crippen LogP contribution in [0.25, 0.3) is 0 Å². The zero-order valence-corrected chi connectivity index (χ0v) is 47.6. The van der Waals surface area contributed by atoms with Gasteiger partial charge in [-0.2, -0.15) is 0 Å². The second-order valence-corrected chi connectivity index (χ2v) is 21.7. The van der Waals surface area contributed by atoms with Crippen molar-refractivity contribution in [1.29, 1.82) is 0 Å². The molecule has 1 unspecified atom stereocenters. The summed E-state index contributed by atoms with van der Waals surface area (Å²) in [4.78, 5) is 38.1. The quantitative estimate of drug-likeness (QED) is 0.0261. The Morgan fingerprint density at radius 3 is 0.757 bits per heavy atom. The minimum atomic E-state index is -0.767. The molecule has 0 saturated carbocycles. The van der Waals surface area contributed by atoms with Gasteiger partial charge in [-0.25, -0.2) is 0 Å². The maximum atomic E-state index is 12.8. The van der Waals surface area contributed by atoms with Gasteiger partial charge in [-0.15, -0.1) is 0 Å². The largest absolute Gasteiger partial charge is 0.462 e. The second kappa shape index (κ2) is 59.7. The van der Waals surface area contributed by atoms with Crippen molar-refractivity contribution in [3.8, 4) is 0 Å². The Kier molecular flexibility index (Phi) is 58.1. The van der Waals surface area contributed by atoms with E-state index < -0.39 is 6.10 Å². The monoisotopic (exact) mass is 987 g/mol. The molecule has 0 amide bonds. The van der Waals surface area contributed by atoms with Crippen LogP contribution in [0.4, 0.5) is 0 Å². The Bertz CT molecular complexity index is 1090. The van der Waals surface area contributed by atoms with Crippen LogP contribution in [0.5, 0.6) is 0 Å². The molecule has 0 fully saturated rings. The Hall–Kier alpha value is -1.85. The lowest BCUT2D eigenvalue weighted by Crippen LogP contribution is -2.30. The SMILES string of the molecule is CCCC/C=C\CCCCCCCC(=O)OCC(COC(=O)CCCCCCCCCCCCCCCCCCCCCCCCCCCCCC)OC(=O)CCCCCCCCCCCCCCC. The summed E-state index contributed by atoms with van der Waals surface area (Å²) in [6, 6.07) is 0. The molecule has 0 bridgehead atoms. The molecule has 6 nitrogen and oxygen atoms in total. The smallest absolute Gasteiger partial charge is 0.306 e. The second-order valence-electron chi connectivity index (χ2n) is 21.7. The van der Waals surface area contributed by atoms with Crippen molar-refractivity contribution in [1.82, 2.24) is 0 Å². The summed E-state index contributed by atoms with van der Waals surface area (Å²) in [7, 11) is 0. The molecule has 0 aromatic rings. The number of unbranched alkanes of at least 4 members (excludes halogenated alkanes) is 46. The lowest BCUT2D eigenvalue weighted by molar-refractivity contribution is -0.167. The van der Waals surface area contributed by atoms with Gasteiger partial charge >= 0.3 is 17.9 Å². The van der Waals surface area contributed by atoms with E-state index in [1.807, 2.05) is 0 Å². The van der Waals surface area contributed by atoms with Gasteiger partial charge in [-0.05, 0) is 38.5 Å². The summed E-state index contributed by atoms with van der Waals surface area (Å²) < 4.78 is 16.9. The average Bonchev–Trinajstić information content (AvgIpc) is 3.36. The number of rotatable bonds is 59. The first-order valence-electron chi connectivity index (χ1n) is 31.7. The van der Waals surface area contributed by atoms with Crippen LogP contribution in [-0.4, -0.2) is 37.2 Å². The van der Waals surface area contributed by atoms with Crippen LogP contribution in [0.2, 0.25) is 0 Å². The highest BCUT2D eigenvalue weighted by Gasteiger charge is 2.19. The van der Waals surface area contributed by atoms with Gasteiger partial charge in [0.15, 0.2) is 6.10 Å². The minimum Gasteiger partial charge on any atom is -0.462 e. The number of ether oxygens (including phenoxy) is 3. The molecule has 0 aliphatic heterocycles. The van der Waals surface area contributed by atoms with E-state index in [4.69, 9.17) is 14.2 Å². The Morgan fingerprint density at radius 2 is 0.486 bits per heavy atom. The predicted molar refractivity (Wildman–Crippen MR) is 303 cm³/mol. The van der Waals surface area contributed by atoms with E-state index in [0.29, 0.717) is 19.3 Å². The van der Waals surface area contributed by atoms with E-state index in [-0.39, 0.29) is 31.1 Å². The van der Waals surface area contributed by atoms with Crippen molar-refractivity contribution in [2.45, 2.75) is 367 Å². The Balaban J connectivity index is 4.07. The predicted octanol–water partition coefficient (Wildman–Crippen LogP) is 21.3. The molecule has 414 valence electrons. The van der Waals surface area contributed by atoms with E-state index in [9.17, 15) is 14.4 Å². The van der Waals surface area contributed by atoms with E-state index in [2.05, 4.69) is 32.9 Å². The normalized spacial score (nSPS) is 12.0. The van der Waals surface area contributed by atoms with Gasteiger partial charge in [0, 0.05) is 19.3 Å². The summed E-state index contributed by atoms with van der Waals surface area (Å²) in [5, 5.41) is 0. The Labute approximate surface area is 437 Å². The van der Waals surface area contributed by atoms with Crippen LogP contribution in [0.3, 0.4) is 0 Å². The van der Waals surface area contributed by atoms with E-state index in [0.717, 1.165) is 64.2 Å². The molecular weight excluding hydrogens is 865 g/mol. The van der Waals surface area contributed by atoms with Gasteiger partial charge in [0.25, 0.3) is 0 Å². The molecule has 0 spiro atoms. The molecule has 6 heteroatoms. The molecule has 0 N–H and O–H groups in total. The first-order chi connectivity index (χ1) is 34.5. The third kappa shape index (κ3) is 57.1. The number of carbonyl (C=O) groups is 3.